The normalized spacial score (nSPS) is 11.1. The number of aryl methyl sites for hydroxylation is 1. The molecule has 0 aliphatic carbocycles. The Labute approximate surface area is 168 Å². The lowest BCUT2D eigenvalue weighted by molar-refractivity contribution is 0.308. The second-order valence-electron chi connectivity index (χ2n) is 6.83. The van der Waals surface area contributed by atoms with Crippen LogP contribution in [-0.4, -0.2) is 14.5 Å². The zero-order valence-corrected chi connectivity index (χ0v) is 15.9. The van der Waals surface area contributed by atoms with Gasteiger partial charge in [0.2, 0.25) is 0 Å². The Kier molecular flexibility index (Phi) is 4.33. The smallest absolute Gasteiger partial charge is 0.180 e. The van der Waals surface area contributed by atoms with E-state index in [2.05, 4.69) is 5.16 Å². The minimum Gasteiger partial charge on any atom is -0.485 e. The first-order valence-corrected chi connectivity index (χ1v) is 9.46. The van der Waals surface area contributed by atoms with E-state index in [-0.39, 0.29) is 0 Å². The third kappa shape index (κ3) is 3.27. The number of hydrogen-bond donors (Lipinski definition) is 0. The third-order valence-corrected chi connectivity index (χ3v) is 4.85. The first-order valence-electron chi connectivity index (χ1n) is 9.46. The molecule has 0 aliphatic rings. The summed E-state index contributed by atoms with van der Waals surface area (Å²) in [6.45, 7) is 2.40. The molecule has 0 N–H and O–H groups in total. The molecule has 0 amide bonds. The van der Waals surface area contributed by atoms with Gasteiger partial charge in [-0.15, -0.1) is 0 Å². The van der Waals surface area contributed by atoms with Crippen LogP contribution in [-0.2, 0) is 6.61 Å². The van der Waals surface area contributed by atoms with Gasteiger partial charge in [-0.25, -0.2) is 4.98 Å². The van der Waals surface area contributed by atoms with Crippen LogP contribution in [0.4, 0.5) is 0 Å². The molecular formula is C24H19N3O2. The zero-order valence-electron chi connectivity index (χ0n) is 15.9. The molecule has 0 radical (unpaired) electrons. The number of imidazole rings is 1. The number of ether oxygens (including phenoxy) is 1. The Morgan fingerprint density at radius 2 is 1.69 bits per heavy atom. The van der Waals surface area contributed by atoms with Gasteiger partial charge in [0, 0.05) is 18.0 Å². The quantitative estimate of drug-likeness (QED) is 0.401. The molecule has 0 fully saturated rings. The maximum atomic E-state index is 6.06. The van der Waals surface area contributed by atoms with E-state index in [4.69, 9.17) is 14.2 Å². The summed E-state index contributed by atoms with van der Waals surface area (Å²) in [6, 6.07) is 24.0. The molecule has 0 saturated heterocycles. The van der Waals surface area contributed by atoms with Crippen molar-refractivity contribution in [1.29, 1.82) is 0 Å². The molecule has 2 aromatic carbocycles. The van der Waals surface area contributed by atoms with Crippen LogP contribution in [0.3, 0.4) is 0 Å². The highest BCUT2D eigenvalue weighted by Crippen LogP contribution is 2.34. The predicted molar refractivity (Wildman–Crippen MR) is 112 cm³/mol. The van der Waals surface area contributed by atoms with E-state index in [1.165, 1.54) is 0 Å². The summed E-state index contributed by atoms with van der Waals surface area (Å²) in [5, 5.41) is 4.28. The molecule has 3 heterocycles. The Morgan fingerprint density at radius 1 is 0.931 bits per heavy atom. The van der Waals surface area contributed by atoms with Gasteiger partial charge in [-0.1, -0.05) is 65.8 Å². The molecule has 29 heavy (non-hydrogen) atoms. The van der Waals surface area contributed by atoms with Crippen LogP contribution in [0, 0.1) is 6.92 Å². The van der Waals surface area contributed by atoms with Gasteiger partial charge in [0.1, 0.15) is 18.1 Å². The maximum absolute atomic E-state index is 6.06. The van der Waals surface area contributed by atoms with Crippen molar-refractivity contribution in [2.75, 3.05) is 0 Å². The van der Waals surface area contributed by atoms with Gasteiger partial charge in [0.25, 0.3) is 0 Å². The molecule has 5 aromatic rings. The molecule has 5 heteroatoms. The Bertz CT molecular complexity index is 1260. The van der Waals surface area contributed by atoms with E-state index in [1.54, 1.807) is 0 Å². The van der Waals surface area contributed by atoms with Gasteiger partial charge in [0.05, 0.1) is 11.3 Å². The van der Waals surface area contributed by atoms with Gasteiger partial charge >= 0.3 is 0 Å². The molecule has 5 nitrogen and oxygen atoms in total. The standard InChI is InChI=1S/C24H19N3O2/c1-17-22(23(26-29-17)19-11-6-3-7-12-19)20-15-27-14-8-13-21(24(27)25-20)28-16-18-9-4-2-5-10-18/h2-15H,16H2,1H3. The van der Waals surface area contributed by atoms with E-state index in [9.17, 15) is 0 Å². The average Bonchev–Trinajstić information content (AvgIpc) is 3.37. The Balaban J connectivity index is 1.54. The number of pyridine rings is 1. The molecule has 0 aliphatic heterocycles. The topological polar surface area (TPSA) is 52.6 Å². The SMILES string of the molecule is Cc1onc(-c2ccccc2)c1-c1cn2cccc(OCc3ccccc3)c2n1. The largest absolute Gasteiger partial charge is 0.485 e. The minimum absolute atomic E-state index is 0.490. The molecule has 0 spiro atoms. The fraction of sp³-hybridized carbons (Fsp3) is 0.0833. The van der Waals surface area contributed by atoms with Crippen LogP contribution in [0.25, 0.3) is 28.2 Å². The fourth-order valence-electron chi connectivity index (χ4n) is 3.42. The second-order valence-corrected chi connectivity index (χ2v) is 6.83. The summed E-state index contributed by atoms with van der Waals surface area (Å²) in [5.74, 6) is 1.47. The summed E-state index contributed by atoms with van der Waals surface area (Å²) >= 11 is 0. The highest BCUT2D eigenvalue weighted by molar-refractivity contribution is 5.81. The number of benzene rings is 2. The van der Waals surface area contributed by atoms with E-state index in [1.807, 2.05) is 96.5 Å². The number of nitrogens with zero attached hydrogens (tertiary/aromatic N) is 3. The molecule has 0 saturated carbocycles. The molecule has 5 rings (SSSR count). The van der Waals surface area contributed by atoms with Crippen molar-refractivity contribution in [1.82, 2.24) is 14.5 Å². The van der Waals surface area contributed by atoms with Crippen molar-refractivity contribution in [3.05, 3.63) is 96.5 Å². The number of aromatic nitrogens is 3. The highest BCUT2D eigenvalue weighted by atomic mass is 16.5. The highest BCUT2D eigenvalue weighted by Gasteiger charge is 2.20. The van der Waals surface area contributed by atoms with Gasteiger partial charge in [0.15, 0.2) is 11.4 Å². The molecule has 142 valence electrons. The third-order valence-electron chi connectivity index (χ3n) is 4.85. The van der Waals surface area contributed by atoms with Crippen LogP contribution >= 0.6 is 0 Å². The van der Waals surface area contributed by atoms with Gasteiger partial charge in [-0.2, -0.15) is 0 Å². The lowest BCUT2D eigenvalue weighted by Gasteiger charge is -2.07. The van der Waals surface area contributed by atoms with Crippen LogP contribution in [0.1, 0.15) is 11.3 Å². The first-order chi connectivity index (χ1) is 14.3. The lowest BCUT2D eigenvalue weighted by atomic mass is 10.0. The number of rotatable bonds is 5. The van der Waals surface area contributed by atoms with Gasteiger partial charge < -0.3 is 13.7 Å². The lowest BCUT2D eigenvalue weighted by Crippen LogP contribution is -1.97. The van der Waals surface area contributed by atoms with E-state index < -0.39 is 0 Å². The maximum Gasteiger partial charge on any atom is 0.180 e. The summed E-state index contributed by atoms with van der Waals surface area (Å²) in [7, 11) is 0. The molecule has 3 aromatic heterocycles. The summed E-state index contributed by atoms with van der Waals surface area (Å²) in [6.07, 6.45) is 3.95. The van der Waals surface area contributed by atoms with E-state index in [0.717, 1.165) is 45.2 Å². The second kappa shape index (κ2) is 7.28. The average molecular weight is 381 g/mol. The Morgan fingerprint density at radius 3 is 2.48 bits per heavy atom. The predicted octanol–water partition coefficient (Wildman–Crippen LogP) is 5.54. The van der Waals surface area contributed by atoms with Crippen molar-refractivity contribution >= 4 is 5.65 Å². The molecule has 0 atom stereocenters. The monoisotopic (exact) mass is 381 g/mol. The van der Waals surface area contributed by atoms with Crippen LogP contribution in [0.2, 0.25) is 0 Å². The van der Waals surface area contributed by atoms with E-state index >= 15 is 0 Å². The van der Waals surface area contributed by atoms with Gasteiger partial charge in [-0.05, 0) is 24.6 Å². The van der Waals surface area contributed by atoms with Crippen LogP contribution in [0.5, 0.6) is 5.75 Å². The first kappa shape index (κ1) is 17.3. The van der Waals surface area contributed by atoms with Crippen molar-refractivity contribution in [3.8, 4) is 28.3 Å². The summed E-state index contributed by atoms with van der Waals surface area (Å²) < 4.78 is 13.5. The molecular weight excluding hydrogens is 362 g/mol. The molecule has 0 bridgehead atoms. The molecule has 0 unspecified atom stereocenters. The minimum atomic E-state index is 0.490. The number of hydrogen-bond acceptors (Lipinski definition) is 4. The van der Waals surface area contributed by atoms with Crippen LogP contribution in [0.15, 0.2) is 89.7 Å². The van der Waals surface area contributed by atoms with Gasteiger partial charge in [-0.3, -0.25) is 0 Å². The van der Waals surface area contributed by atoms with Crippen molar-refractivity contribution in [2.24, 2.45) is 0 Å². The van der Waals surface area contributed by atoms with E-state index in [0.29, 0.717) is 6.61 Å². The zero-order chi connectivity index (χ0) is 19.6. The Hall–Kier alpha value is -3.86. The van der Waals surface area contributed by atoms with Crippen molar-refractivity contribution < 1.29 is 9.26 Å². The summed E-state index contributed by atoms with van der Waals surface area (Å²) in [5.41, 5.74) is 5.36. The fourth-order valence-corrected chi connectivity index (χ4v) is 3.42. The number of fused-ring (bicyclic) bond motifs is 1. The van der Waals surface area contributed by atoms with Crippen molar-refractivity contribution in [3.63, 3.8) is 0 Å². The van der Waals surface area contributed by atoms with Crippen molar-refractivity contribution in [2.45, 2.75) is 13.5 Å². The van der Waals surface area contributed by atoms with Crippen LogP contribution < -0.4 is 4.74 Å². The summed E-state index contributed by atoms with van der Waals surface area (Å²) in [4.78, 5) is 4.85.